The maximum Gasteiger partial charge on any atom is 0.253 e. The van der Waals surface area contributed by atoms with Gasteiger partial charge in [0.15, 0.2) is 5.82 Å². The Bertz CT molecular complexity index is 690. The van der Waals surface area contributed by atoms with Gasteiger partial charge in [-0.2, -0.15) is 4.98 Å². The minimum absolute atomic E-state index is 0.00400. The van der Waals surface area contributed by atoms with Gasteiger partial charge in [-0.25, -0.2) is 0 Å². The highest BCUT2D eigenvalue weighted by atomic mass is 35.5. The molecule has 2 fully saturated rings. The predicted molar refractivity (Wildman–Crippen MR) is 76.4 cm³/mol. The molecule has 21 heavy (non-hydrogen) atoms. The van der Waals surface area contributed by atoms with Crippen molar-refractivity contribution in [2.75, 3.05) is 13.1 Å². The van der Waals surface area contributed by atoms with Gasteiger partial charge >= 0.3 is 0 Å². The van der Waals surface area contributed by atoms with E-state index in [4.69, 9.17) is 16.1 Å². The Morgan fingerprint density at radius 2 is 2.10 bits per heavy atom. The third-order valence-corrected chi connectivity index (χ3v) is 4.22. The number of halogens is 1. The summed E-state index contributed by atoms with van der Waals surface area (Å²) in [5, 5.41) is 4.59. The molecule has 2 heterocycles. The third-order valence-electron chi connectivity index (χ3n) is 3.99. The zero-order valence-corrected chi connectivity index (χ0v) is 12.1. The van der Waals surface area contributed by atoms with Crippen LogP contribution in [-0.2, 0) is 0 Å². The largest absolute Gasteiger partial charge is 0.339 e. The number of carbonyl (C=O) groups excluding carboxylic acids is 1. The monoisotopic (exact) mass is 303 g/mol. The number of aromatic nitrogens is 2. The van der Waals surface area contributed by atoms with Crippen LogP contribution in [0.3, 0.4) is 0 Å². The van der Waals surface area contributed by atoms with Crippen molar-refractivity contribution in [3.8, 4) is 0 Å². The van der Waals surface area contributed by atoms with Crippen molar-refractivity contribution in [3.63, 3.8) is 0 Å². The van der Waals surface area contributed by atoms with E-state index in [1.807, 2.05) is 0 Å². The van der Waals surface area contributed by atoms with Crippen molar-refractivity contribution < 1.29 is 9.32 Å². The highest BCUT2D eigenvalue weighted by Crippen LogP contribution is 2.39. The molecule has 2 aromatic rings. The Hall–Kier alpha value is -1.88. The summed E-state index contributed by atoms with van der Waals surface area (Å²) in [7, 11) is 0. The molecule has 0 atom stereocenters. The lowest BCUT2D eigenvalue weighted by atomic mass is 9.99. The molecule has 1 aliphatic carbocycles. The van der Waals surface area contributed by atoms with Crippen LogP contribution in [0.1, 0.15) is 46.8 Å². The average molecular weight is 304 g/mol. The first-order valence-corrected chi connectivity index (χ1v) is 7.47. The summed E-state index contributed by atoms with van der Waals surface area (Å²) < 4.78 is 5.30. The molecule has 0 spiro atoms. The van der Waals surface area contributed by atoms with Crippen molar-refractivity contribution in [1.82, 2.24) is 15.0 Å². The van der Waals surface area contributed by atoms with Crippen LogP contribution in [0.25, 0.3) is 0 Å². The lowest BCUT2D eigenvalue weighted by Gasteiger charge is -2.37. The topological polar surface area (TPSA) is 59.2 Å². The number of benzene rings is 1. The molecule has 2 aliphatic rings. The van der Waals surface area contributed by atoms with E-state index in [1.54, 1.807) is 29.2 Å². The van der Waals surface area contributed by atoms with Crippen LogP contribution < -0.4 is 0 Å². The van der Waals surface area contributed by atoms with Gasteiger partial charge < -0.3 is 9.42 Å². The normalized spacial score (nSPS) is 18.6. The first-order valence-electron chi connectivity index (χ1n) is 7.09. The molecule has 1 aliphatic heterocycles. The van der Waals surface area contributed by atoms with Crippen LogP contribution in [0.4, 0.5) is 0 Å². The van der Waals surface area contributed by atoms with Crippen LogP contribution in [0.5, 0.6) is 0 Å². The van der Waals surface area contributed by atoms with E-state index in [2.05, 4.69) is 10.1 Å². The lowest BCUT2D eigenvalue weighted by Crippen LogP contribution is -2.48. The quantitative estimate of drug-likeness (QED) is 0.875. The van der Waals surface area contributed by atoms with Crippen LogP contribution in [-0.4, -0.2) is 34.0 Å². The summed E-state index contributed by atoms with van der Waals surface area (Å²) >= 11 is 5.91. The zero-order chi connectivity index (χ0) is 14.4. The van der Waals surface area contributed by atoms with Gasteiger partial charge in [-0.1, -0.05) is 22.8 Å². The van der Waals surface area contributed by atoms with Gasteiger partial charge in [0.25, 0.3) is 5.91 Å². The van der Waals surface area contributed by atoms with E-state index in [0.29, 0.717) is 35.5 Å². The molecule has 0 radical (unpaired) electrons. The van der Waals surface area contributed by atoms with E-state index >= 15 is 0 Å². The van der Waals surface area contributed by atoms with Crippen molar-refractivity contribution >= 4 is 17.5 Å². The van der Waals surface area contributed by atoms with Gasteiger partial charge in [-0.3, -0.25) is 4.79 Å². The fourth-order valence-corrected chi connectivity index (χ4v) is 2.72. The zero-order valence-electron chi connectivity index (χ0n) is 11.3. The van der Waals surface area contributed by atoms with Crippen LogP contribution >= 0.6 is 11.6 Å². The number of rotatable bonds is 3. The molecular weight excluding hydrogens is 290 g/mol. The molecule has 4 rings (SSSR count). The standard InChI is InChI=1S/C15H14ClN3O2/c16-12-3-1-2-10(6-12)15(20)19-7-11(8-19)14-17-13(18-21-14)9-4-5-9/h1-3,6,9,11H,4-5,7-8H2. The summed E-state index contributed by atoms with van der Waals surface area (Å²) in [5.74, 6) is 2.13. The second kappa shape index (κ2) is 4.84. The fraction of sp³-hybridized carbons (Fsp3) is 0.400. The van der Waals surface area contributed by atoms with Crippen LogP contribution in [0, 0.1) is 0 Å². The van der Waals surface area contributed by atoms with Crippen LogP contribution in [0.15, 0.2) is 28.8 Å². The summed E-state index contributed by atoms with van der Waals surface area (Å²) in [4.78, 5) is 18.5. The van der Waals surface area contributed by atoms with Gasteiger partial charge in [-0.05, 0) is 31.0 Å². The van der Waals surface area contributed by atoms with E-state index in [0.717, 1.165) is 18.7 Å². The summed E-state index contributed by atoms with van der Waals surface area (Å²) in [6, 6.07) is 7.01. The Morgan fingerprint density at radius 1 is 1.29 bits per heavy atom. The Morgan fingerprint density at radius 3 is 2.81 bits per heavy atom. The van der Waals surface area contributed by atoms with E-state index in [9.17, 15) is 4.79 Å². The first-order chi connectivity index (χ1) is 10.2. The minimum Gasteiger partial charge on any atom is -0.339 e. The SMILES string of the molecule is O=C(c1cccc(Cl)c1)N1CC(c2nc(C3CC3)no2)C1. The van der Waals surface area contributed by atoms with Crippen molar-refractivity contribution in [3.05, 3.63) is 46.6 Å². The van der Waals surface area contributed by atoms with E-state index < -0.39 is 0 Å². The Balaban J connectivity index is 1.40. The highest BCUT2D eigenvalue weighted by molar-refractivity contribution is 6.30. The van der Waals surface area contributed by atoms with Gasteiger partial charge in [0.1, 0.15) is 0 Å². The number of hydrogen-bond acceptors (Lipinski definition) is 4. The molecular formula is C15H14ClN3O2. The number of likely N-dealkylation sites (tertiary alicyclic amines) is 1. The molecule has 1 saturated carbocycles. The molecule has 1 saturated heterocycles. The molecule has 108 valence electrons. The molecule has 1 aromatic heterocycles. The summed E-state index contributed by atoms with van der Waals surface area (Å²) in [5.41, 5.74) is 0.616. The minimum atomic E-state index is -0.00400. The number of hydrogen-bond donors (Lipinski definition) is 0. The Kier molecular flexibility index (Phi) is 2.96. The van der Waals surface area contributed by atoms with Crippen molar-refractivity contribution in [2.45, 2.75) is 24.7 Å². The molecule has 1 amide bonds. The molecule has 0 bridgehead atoms. The second-order valence-corrected chi connectivity index (χ2v) is 6.12. The van der Waals surface area contributed by atoms with Gasteiger partial charge in [0.05, 0.1) is 5.92 Å². The van der Waals surface area contributed by atoms with Gasteiger partial charge in [0, 0.05) is 29.6 Å². The smallest absolute Gasteiger partial charge is 0.253 e. The number of nitrogens with zero attached hydrogens (tertiary/aromatic N) is 3. The first kappa shape index (κ1) is 12.8. The average Bonchev–Trinajstić information content (AvgIpc) is 3.17. The fourth-order valence-electron chi connectivity index (χ4n) is 2.53. The van der Waals surface area contributed by atoms with Crippen LogP contribution in [0.2, 0.25) is 5.02 Å². The third kappa shape index (κ3) is 2.42. The maximum absolute atomic E-state index is 12.3. The molecule has 0 unspecified atom stereocenters. The molecule has 5 nitrogen and oxygen atoms in total. The summed E-state index contributed by atoms with van der Waals surface area (Å²) in [6.07, 6.45) is 2.31. The number of carbonyl (C=O) groups is 1. The number of amides is 1. The second-order valence-electron chi connectivity index (χ2n) is 5.68. The molecule has 0 N–H and O–H groups in total. The predicted octanol–water partition coefficient (Wildman–Crippen LogP) is 2.84. The highest BCUT2D eigenvalue weighted by Gasteiger charge is 2.37. The molecule has 6 heteroatoms. The van der Waals surface area contributed by atoms with Gasteiger partial charge in [-0.15, -0.1) is 0 Å². The lowest BCUT2D eigenvalue weighted by molar-refractivity contribution is 0.0569. The van der Waals surface area contributed by atoms with E-state index in [1.165, 1.54) is 0 Å². The van der Waals surface area contributed by atoms with E-state index in [-0.39, 0.29) is 11.8 Å². The maximum atomic E-state index is 12.3. The summed E-state index contributed by atoms with van der Waals surface area (Å²) in [6.45, 7) is 1.25. The Labute approximate surface area is 126 Å². The van der Waals surface area contributed by atoms with Crippen molar-refractivity contribution in [2.24, 2.45) is 0 Å². The van der Waals surface area contributed by atoms with Gasteiger partial charge in [0.2, 0.25) is 5.89 Å². The molecule has 1 aromatic carbocycles. The van der Waals surface area contributed by atoms with Crippen molar-refractivity contribution in [1.29, 1.82) is 0 Å².